The molecule has 1 aromatic rings. The fourth-order valence-electron chi connectivity index (χ4n) is 2.63. The second kappa shape index (κ2) is 8.70. The topological polar surface area (TPSA) is 63.7 Å². The Balaban J connectivity index is 0.00000192. The highest BCUT2D eigenvalue weighted by Gasteiger charge is 2.22. The maximum atomic E-state index is 6.12. The molecule has 0 spiro atoms. The zero-order chi connectivity index (χ0) is 15.4. The normalized spacial score (nSPS) is 19.3. The molecule has 23 heavy (non-hydrogen) atoms. The third kappa shape index (κ3) is 5.82. The number of hydrogen-bond donors (Lipinski definition) is 1. The Kier molecular flexibility index (Phi) is 6.92. The molecule has 0 bridgehead atoms. The van der Waals surface area contributed by atoms with Gasteiger partial charge in [0.1, 0.15) is 0 Å². The molecule has 0 radical (unpaired) electrons. The molecular weight excluding hydrogens is 403 g/mol. The van der Waals surface area contributed by atoms with Crippen LogP contribution in [0, 0.1) is 11.8 Å². The quantitative estimate of drug-likeness (QED) is 0.443. The molecule has 0 amide bonds. The van der Waals surface area contributed by atoms with E-state index in [-0.39, 0.29) is 24.0 Å². The van der Waals surface area contributed by atoms with E-state index < -0.39 is 0 Å². The third-order valence-corrected chi connectivity index (χ3v) is 4.49. The summed E-state index contributed by atoms with van der Waals surface area (Å²) in [6.07, 6.45) is 6.76. The Morgan fingerprint density at radius 3 is 2.78 bits per heavy atom. The summed E-state index contributed by atoms with van der Waals surface area (Å²) in [4.78, 5) is 11.0. The first kappa shape index (κ1) is 18.3. The molecule has 2 fully saturated rings. The number of aromatic nitrogens is 1. The van der Waals surface area contributed by atoms with E-state index in [9.17, 15) is 0 Å². The Morgan fingerprint density at radius 2 is 2.09 bits per heavy atom. The van der Waals surface area contributed by atoms with Crippen LogP contribution < -0.4 is 10.5 Å². The summed E-state index contributed by atoms with van der Waals surface area (Å²) >= 11 is 0. The average molecular weight is 430 g/mol. The van der Waals surface area contributed by atoms with Gasteiger partial charge in [-0.3, -0.25) is 0 Å². The number of guanidine groups is 1. The molecule has 3 rings (SSSR count). The van der Waals surface area contributed by atoms with Crippen LogP contribution in [-0.4, -0.2) is 35.5 Å². The molecule has 0 unspecified atom stereocenters. The lowest BCUT2D eigenvalue weighted by Crippen LogP contribution is -2.42. The van der Waals surface area contributed by atoms with Gasteiger partial charge in [0.2, 0.25) is 5.88 Å². The van der Waals surface area contributed by atoms with Gasteiger partial charge in [-0.05, 0) is 49.1 Å². The van der Waals surface area contributed by atoms with Crippen LogP contribution >= 0.6 is 24.0 Å². The van der Waals surface area contributed by atoms with Crippen molar-refractivity contribution in [2.24, 2.45) is 22.6 Å². The van der Waals surface area contributed by atoms with Gasteiger partial charge in [-0.1, -0.05) is 6.92 Å². The summed E-state index contributed by atoms with van der Waals surface area (Å²) in [5, 5.41) is 0. The van der Waals surface area contributed by atoms with E-state index in [0.29, 0.717) is 18.4 Å². The molecule has 2 aliphatic rings. The maximum Gasteiger partial charge on any atom is 0.213 e. The van der Waals surface area contributed by atoms with Crippen LogP contribution in [0.25, 0.3) is 0 Å². The highest BCUT2D eigenvalue weighted by Crippen LogP contribution is 2.29. The lowest BCUT2D eigenvalue weighted by molar-refractivity contribution is 0.277. The van der Waals surface area contributed by atoms with Crippen molar-refractivity contribution in [2.75, 3.05) is 19.7 Å². The fourth-order valence-corrected chi connectivity index (χ4v) is 2.63. The van der Waals surface area contributed by atoms with E-state index in [0.717, 1.165) is 37.1 Å². The highest BCUT2D eigenvalue weighted by molar-refractivity contribution is 14.0. The summed E-state index contributed by atoms with van der Waals surface area (Å²) in [5.74, 6) is 2.89. The molecule has 1 aliphatic carbocycles. The van der Waals surface area contributed by atoms with E-state index in [1.807, 2.05) is 12.1 Å². The van der Waals surface area contributed by atoms with Crippen molar-refractivity contribution in [3.05, 3.63) is 23.9 Å². The number of aliphatic imine (C=N–C) groups is 1. The van der Waals surface area contributed by atoms with E-state index in [4.69, 9.17) is 10.5 Å². The van der Waals surface area contributed by atoms with Crippen molar-refractivity contribution in [3.63, 3.8) is 0 Å². The second-order valence-electron chi connectivity index (χ2n) is 6.60. The zero-order valence-electron chi connectivity index (χ0n) is 13.8. The Morgan fingerprint density at radius 1 is 1.35 bits per heavy atom. The highest BCUT2D eigenvalue weighted by atomic mass is 127. The number of hydrogen-bond acceptors (Lipinski definition) is 3. The van der Waals surface area contributed by atoms with Crippen molar-refractivity contribution in [3.8, 4) is 5.88 Å². The minimum absolute atomic E-state index is 0. The Hall–Kier alpha value is -1.05. The van der Waals surface area contributed by atoms with Gasteiger partial charge in [-0.2, -0.15) is 0 Å². The van der Waals surface area contributed by atoms with Gasteiger partial charge >= 0.3 is 0 Å². The largest absolute Gasteiger partial charge is 0.477 e. The van der Waals surface area contributed by atoms with Crippen molar-refractivity contribution < 1.29 is 4.74 Å². The lowest BCUT2D eigenvalue weighted by Gasteiger charge is -2.31. The van der Waals surface area contributed by atoms with Crippen LogP contribution in [0.1, 0.15) is 38.2 Å². The monoisotopic (exact) mass is 430 g/mol. The van der Waals surface area contributed by atoms with E-state index in [1.54, 1.807) is 6.20 Å². The number of likely N-dealkylation sites (tertiary alicyclic amines) is 1. The van der Waals surface area contributed by atoms with Crippen LogP contribution in [0.4, 0.5) is 0 Å². The molecule has 1 aliphatic heterocycles. The number of ether oxygens (including phenoxy) is 1. The smallest absolute Gasteiger partial charge is 0.213 e. The molecule has 0 atom stereocenters. The lowest BCUT2D eigenvalue weighted by atomic mass is 10.00. The third-order valence-electron chi connectivity index (χ3n) is 4.49. The van der Waals surface area contributed by atoms with Crippen molar-refractivity contribution in [2.45, 2.75) is 39.2 Å². The predicted molar refractivity (Wildman–Crippen MR) is 103 cm³/mol. The number of pyridine rings is 1. The van der Waals surface area contributed by atoms with Crippen LogP contribution in [0.5, 0.6) is 5.88 Å². The number of piperidine rings is 1. The van der Waals surface area contributed by atoms with Gasteiger partial charge in [0.05, 0.1) is 13.2 Å². The zero-order valence-corrected chi connectivity index (χ0v) is 16.1. The van der Waals surface area contributed by atoms with Gasteiger partial charge in [-0.25, -0.2) is 9.98 Å². The summed E-state index contributed by atoms with van der Waals surface area (Å²) in [7, 11) is 0. The average Bonchev–Trinajstić information content (AvgIpc) is 3.36. The van der Waals surface area contributed by atoms with E-state index in [2.05, 4.69) is 21.8 Å². The molecule has 1 saturated heterocycles. The summed E-state index contributed by atoms with van der Waals surface area (Å²) in [6, 6.07) is 3.94. The Bertz CT molecular complexity index is 525. The van der Waals surface area contributed by atoms with Crippen molar-refractivity contribution in [1.82, 2.24) is 9.88 Å². The molecule has 1 aromatic heterocycles. The van der Waals surface area contributed by atoms with E-state index in [1.165, 1.54) is 25.7 Å². The van der Waals surface area contributed by atoms with E-state index >= 15 is 0 Å². The molecule has 6 heteroatoms. The standard InChI is InChI=1S/C17H26N4O.HI/c1-13-5-8-21(9-6-13)17(18)20-11-15-4-7-19-16(10-15)22-12-14-2-3-14;/h4,7,10,13-14H,2-3,5-6,8-9,11-12H2,1H3,(H2,18,20);1H. The fraction of sp³-hybridized carbons (Fsp3) is 0.647. The van der Waals surface area contributed by atoms with Crippen LogP contribution in [0.2, 0.25) is 0 Å². The predicted octanol–water partition coefficient (Wildman–Crippen LogP) is 3.04. The van der Waals surface area contributed by atoms with Crippen LogP contribution in [0.3, 0.4) is 0 Å². The minimum Gasteiger partial charge on any atom is -0.477 e. The minimum atomic E-state index is 0. The van der Waals surface area contributed by atoms with Crippen molar-refractivity contribution >= 4 is 29.9 Å². The van der Waals surface area contributed by atoms with Gasteiger partial charge in [0.25, 0.3) is 0 Å². The first-order chi connectivity index (χ1) is 10.7. The molecular formula is C17H27IN4O. The molecule has 128 valence electrons. The SMILES string of the molecule is CC1CCN(C(N)=NCc2ccnc(OCC3CC3)c2)CC1.I. The number of nitrogens with two attached hydrogens (primary N) is 1. The Labute approximate surface area is 155 Å². The van der Waals surface area contributed by atoms with Gasteiger partial charge in [0.15, 0.2) is 5.96 Å². The summed E-state index contributed by atoms with van der Waals surface area (Å²) in [5.41, 5.74) is 7.21. The number of nitrogens with zero attached hydrogens (tertiary/aromatic N) is 3. The summed E-state index contributed by atoms with van der Waals surface area (Å²) in [6.45, 7) is 5.70. The first-order valence-corrected chi connectivity index (χ1v) is 8.33. The second-order valence-corrected chi connectivity index (χ2v) is 6.60. The maximum absolute atomic E-state index is 6.12. The van der Waals surface area contributed by atoms with Crippen LogP contribution in [0.15, 0.2) is 23.3 Å². The van der Waals surface area contributed by atoms with Gasteiger partial charge in [0, 0.05) is 25.4 Å². The molecule has 2 N–H and O–H groups in total. The molecule has 0 aromatic carbocycles. The number of halogens is 1. The molecule has 5 nitrogen and oxygen atoms in total. The first-order valence-electron chi connectivity index (χ1n) is 8.33. The number of rotatable bonds is 5. The van der Waals surface area contributed by atoms with Gasteiger partial charge < -0.3 is 15.4 Å². The molecule has 1 saturated carbocycles. The molecule has 2 heterocycles. The summed E-state index contributed by atoms with van der Waals surface area (Å²) < 4.78 is 5.70. The van der Waals surface area contributed by atoms with Crippen LogP contribution in [-0.2, 0) is 6.54 Å². The van der Waals surface area contributed by atoms with Gasteiger partial charge in [-0.15, -0.1) is 24.0 Å². The van der Waals surface area contributed by atoms with Crippen molar-refractivity contribution in [1.29, 1.82) is 0 Å².